The summed E-state index contributed by atoms with van der Waals surface area (Å²) < 4.78 is 40.4. The lowest BCUT2D eigenvalue weighted by atomic mass is 10.0. The van der Waals surface area contributed by atoms with E-state index in [1.54, 1.807) is 17.0 Å². The number of hydrogen-bond donors (Lipinski definition) is 2. The van der Waals surface area contributed by atoms with E-state index in [9.17, 15) is 17.6 Å². The molecule has 1 saturated heterocycles. The quantitative estimate of drug-likeness (QED) is 0.762. The Balaban J connectivity index is 1.53. The van der Waals surface area contributed by atoms with Crippen LogP contribution in [0.3, 0.4) is 0 Å². The highest BCUT2D eigenvalue weighted by atomic mass is 32.2. The lowest BCUT2D eigenvalue weighted by Crippen LogP contribution is -2.46. The molecule has 1 heterocycles. The van der Waals surface area contributed by atoms with Crippen LogP contribution in [0, 0.1) is 5.82 Å². The van der Waals surface area contributed by atoms with E-state index in [1.165, 1.54) is 12.1 Å². The number of anilines is 1. The van der Waals surface area contributed by atoms with Crippen LogP contribution in [0.1, 0.15) is 18.4 Å². The minimum Gasteiger partial charge on any atom is -0.399 e. The molecule has 0 atom stereocenters. The number of benzene rings is 2. The summed E-state index contributed by atoms with van der Waals surface area (Å²) in [5, 5.41) is 0. The predicted octanol–water partition coefficient (Wildman–Crippen LogP) is 1.92. The Bertz CT molecular complexity index is 891. The molecule has 8 heteroatoms. The monoisotopic (exact) mass is 391 g/mol. The van der Waals surface area contributed by atoms with Crippen LogP contribution in [0.25, 0.3) is 0 Å². The third-order valence-electron chi connectivity index (χ3n) is 4.63. The molecule has 6 nitrogen and oxygen atoms in total. The van der Waals surface area contributed by atoms with Crippen LogP contribution in [0.4, 0.5) is 10.1 Å². The number of amides is 1. The van der Waals surface area contributed by atoms with Crippen LogP contribution >= 0.6 is 0 Å². The van der Waals surface area contributed by atoms with Gasteiger partial charge in [-0.15, -0.1) is 0 Å². The van der Waals surface area contributed by atoms with Crippen LogP contribution in [-0.4, -0.2) is 38.4 Å². The van der Waals surface area contributed by atoms with Crippen LogP contribution in [0.5, 0.6) is 0 Å². The summed E-state index contributed by atoms with van der Waals surface area (Å²) in [6.07, 6.45) is 1.37. The van der Waals surface area contributed by atoms with Gasteiger partial charge in [0, 0.05) is 24.8 Å². The first-order chi connectivity index (χ1) is 12.8. The molecule has 2 aromatic rings. The minimum atomic E-state index is -3.70. The smallest absolute Gasteiger partial charge is 0.240 e. The fourth-order valence-corrected chi connectivity index (χ4v) is 4.37. The van der Waals surface area contributed by atoms with Gasteiger partial charge in [0.2, 0.25) is 15.9 Å². The molecule has 2 aromatic carbocycles. The number of sulfonamides is 1. The first-order valence-electron chi connectivity index (χ1n) is 8.73. The average Bonchev–Trinajstić information content (AvgIpc) is 2.64. The van der Waals surface area contributed by atoms with Crippen LogP contribution in [0.2, 0.25) is 0 Å². The Labute approximate surface area is 158 Å². The summed E-state index contributed by atoms with van der Waals surface area (Å²) in [6.45, 7) is 0.981. The molecule has 3 N–H and O–H groups in total. The van der Waals surface area contributed by atoms with Crippen molar-refractivity contribution in [2.24, 2.45) is 0 Å². The maximum atomic E-state index is 13.0. The first-order valence-corrected chi connectivity index (χ1v) is 10.2. The molecule has 144 valence electrons. The van der Waals surface area contributed by atoms with E-state index >= 15 is 0 Å². The fraction of sp³-hybridized carbons (Fsp3) is 0.316. The number of piperidine rings is 1. The molecule has 0 aliphatic carbocycles. The zero-order valence-corrected chi connectivity index (χ0v) is 15.6. The van der Waals surface area contributed by atoms with Gasteiger partial charge in [0.1, 0.15) is 5.82 Å². The van der Waals surface area contributed by atoms with E-state index in [2.05, 4.69) is 4.72 Å². The second kappa shape index (κ2) is 8.06. The zero-order valence-electron chi connectivity index (χ0n) is 14.8. The van der Waals surface area contributed by atoms with Crippen molar-refractivity contribution in [3.63, 3.8) is 0 Å². The second-order valence-corrected chi connectivity index (χ2v) is 8.36. The molecule has 0 saturated carbocycles. The van der Waals surface area contributed by atoms with Crippen molar-refractivity contribution in [1.29, 1.82) is 0 Å². The van der Waals surface area contributed by atoms with Gasteiger partial charge in [-0.25, -0.2) is 17.5 Å². The average molecular weight is 391 g/mol. The maximum Gasteiger partial charge on any atom is 0.240 e. The molecule has 0 aromatic heterocycles. The molecule has 3 rings (SSSR count). The van der Waals surface area contributed by atoms with E-state index in [4.69, 9.17) is 5.73 Å². The van der Waals surface area contributed by atoms with Gasteiger partial charge in [0.15, 0.2) is 0 Å². The lowest BCUT2D eigenvalue weighted by molar-refractivity contribution is -0.131. The molecule has 0 unspecified atom stereocenters. The number of nitrogens with one attached hydrogen (secondary N) is 1. The first kappa shape index (κ1) is 19.3. The molecule has 1 aliphatic rings. The van der Waals surface area contributed by atoms with Gasteiger partial charge in [-0.05, 0) is 54.8 Å². The number of carbonyl (C=O) groups is 1. The Hall–Kier alpha value is -2.45. The molecular formula is C19H22FN3O3S. The third kappa shape index (κ3) is 5.05. The van der Waals surface area contributed by atoms with Crippen molar-refractivity contribution in [3.05, 3.63) is 59.9 Å². The van der Waals surface area contributed by atoms with Crippen LogP contribution < -0.4 is 10.5 Å². The van der Waals surface area contributed by atoms with Crippen LogP contribution in [0.15, 0.2) is 53.4 Å². The second-order valence-electron chi connectivity index (χ2n) is 6.65. The minimum absolute atomic E-state index is 0.0135. The summed E-state index contributed by atoms with van der Waals surface area (Å²) >= 11 is 0. The van der Waals surface area contributed by atoms with Gasteiger partial charge in [-0.2, -0.15) is 0 Å². The zero-order chi connectivity index (χ0) is 19.4. The van der Waals surface area contributed by atoms with Crippen molar-refractivity contribution in [1.82, 2.24) is 9.62 Å². The summed E-state index contributed by atoms with van der Waals surface area (Å²) in [7, 11) is -3.70. The van der Waals surface area contributed by atoms with E-state index < -0.39 is 15.8 Å². The lowest BCUT2D eigenvalue weighted by Gasteiger charge is -2.32. The Morgan fingerprint density at radius 2 is 1.67 bits per heavy atom. The van der Waals surface area contributed by atoms with Gasteiger partial charge in [-0.1, -0.05) is 12.1 Å². The third-order valence-corrected chi connectivity index (χ3v) is 6.16. The van der Waals surface area contributed by atoms with Gasteiger partial charge >= 0.3 is 0 Å². The van der Waals surface area contributed by atoms with E-state index in [0.717, 1.165) is 17.7 Å². The van der Waals surface area contributed by atoms with Crippen molar-refractivity contribution in [3.8, 4) is 0 Å². The van der Waals surface area contributed by atoms with E-state index in [0.29, 0.717) is 38.0 Å². The molecule has 1 amide bonds. The number of halogens is 1. The standard InChI is InChI=1S/C19H22FN3O3S/c20-15-3-7-18(8-4-15)27(25,26)22-17-9-11-23(12-10-17)19(24)13-14-1-5-16(21)6-2-14/h1-8,17,22H,9-13,21H2. The molecule has 0 radical (unpaired) electrons. The predicted molar refractivity (Wildman–Crippen MR) is 101 cm³/mol. The summed E-state index contributed by atoms with van der Waals surface area (Å²) in [6, 6.07) is 11.7. The summed E-state index contributed by atoms with van der Waals surface area (Å²) in [4.78, 5) is 14.2. The Kier molecular flexibility index (Phi) is 5.76. The number of nitrogens with zero attached hydrogens (tertiary/aromatic N) is 1. The number of rotatable bonds is 5. The summed E-state index contributed by atoms with van der Waals surface area (Å²) in [5.74, 6) is -0.471. The van der Waals surface area contributed by atoms with Gasteiger partial charge in [0.05, 0.1) is 11.3 Å². The molecule has 0 spiro atoms. The molecule has 1 fully saturated rings. The van der Waals surface area contributed by atoms with Crippen molar-refractivity contribution in [2.45, 2.75) is 30.2 Å². The van der Waals surface area contributed by atoms with E-state index in [-0.39, 0.29) is 16.8 Å². The van der Waals surface area contributed by atoms with Crippen molar-refractivity contribution < 1.29 is 17.6 Å². The van der Waals surface area contributed by atoms with Crippen molar-refractivity contribution in [2.75, 3.05) is 18.8 Å². The summed E-state index contributed by atoms with van der Waals surface area (Å²) in [5.41, 5.74) is 7.20. The highest BCUT2D eigenvalue weighted by Crippen LogP contribution is 2.17. The number of carbonyl (C=O) groups excluding carboxylic acids is 1. The largest absolute Gasteiger partial charge is 0.399 e. The molecule has 0 bridgehead atoms. The number of likely N-dealkylation sites (tertiary alicyclic amines) is 1. The number of nitrogens with two attached hydrogens (primary N) is 1. The molecule has 1 aliphatic heterocycles. The van der Waals surface area contributed by atoms with Crippen molar-refractivity contribution >= 4 is 21.6 Å². The van der Waals surface area contributed by atoms with E-state index in [1.807, 2.05) is 12.1 Å². The number of nitrogen functional groups attached to an aromatic ring is 1. The fourth-order valence-electron chi connectivity index (χ4n) is 3.07. The molecule has 27 heavy (non-hydrogen) atoms. The van der Waals surface area contributed by atoms with Gasteiger partial charge in [-0.3, -0.25) is 4.79 Å². The SMILES string of the molecule is Nc1ccc(CC(=O)N2CCC(NS(=O)(=O)c3ccc(F)cc3)CC2)cc1. The normalized spacial score (nSPS) is 15.7. The topological polar surface area (TPSA) is 92.5 Å². The maximum absolute atomic E-state index is 13.0. The number of hydrogen-bond acceptors (Lipinski definition) is 4. The highest BCUT2D eigenvalue weighted by Gasteiger charge is 2.26. The van der Waals surface area contributed by atoms with Gasteiger partial charge in [0.25, 0.3) is 0 Å². The Morgan fingerprint density at radius 1 is 1.07 bits per heavy atom. The van der Waals surface area contributed by atoms with Crippen LogP contribution in [-0.2, 0) is 21.2 Å². The highest BCUT2D eigenvalue weighted by molar-refractivity contribution is 7.89. The Morgan fingerprint density at radius 3 is 2.26 bits per heavy atom. The molecular weight excluding hydrogens is 369 g/mol. The van der Waals surface area contributed by atoms with Gasteiger partial charge < -0.3 is 10.6 Å².